The Morgan fingerprint density at radius 1 is 1.21 bits per heavy atom. The Kier molecular flexibility index (Phi) is 8.45. The van der Waals surface area contributed by atoms with Gasteiger partial charge in [0.15, 0.2) is 6.61 Å². The molecule has 3 amide bonds. The maximum Gasteiger partial charge on any atom is 0.331 e. The molecule has 0 radical (unpaired) electrons. The summed E-state index contributed by atoms with van der Waals surface area (Å²) in [5.74, 6) is -1.37. The highest BCUT2D eigenvalue weighted by molar-refractivity contribution is 5.96. The molecule has 0 unspecified atom stereocenters. The number of hydrogen-bond acceptors (Lipinski definition) is 5. The molecule has 0 saturated carbocycles. The van der Waals surface area contributed by atoms with Gasteiger partial charge in [0.25, 0.3) is 5.91 Å². The first-order valence-corrected chi connectivity index (χ1v) is 9.05. The number of amides is 3. The molecule has 8 heteroatoms. The summed E-state index contributed by atoms with van der Waals surface area (Å²) in [4.78, 5) is 34.7. The minimum Gasteiger partial charge on any atom is -0.452 e. The molecule has 1 aromatic heterocycles. The summed E-state index contributed by atoms with van der Waals surface area (Å²) in [6, 6.07) is 9.27. The molecule has 0 spiro atoms. The number of rotatable bonds is 9. The second-order valence-corrected chi connectivity index (χ2v) is 6.06. The molecule has 0 bridgehead atoms. The molecule has 1 heterocycles. The Balaban J connectivity index is 1.72. The highest BCUT2D eigenvalue weighted by Gasteiger charge is 2.09. The van der Waals surface area contributed by atoms with Gasteiger partial charge in [-0.3, -0.25) is 14.8 Å². The molecule has 28 heavy (non-hydrogen) atoms. The van der Waals surface area contributed by atoms with E-state index in [4.69, 9.17) is 4.74 Å². The van der Waals surface area contributed by atoms with Gasteiger partial charge in [-0.1, -0.05) is 43.7 Å². The van der Waals surface area contributed by atoms with Gasteiger partial charge >= 0.3 is 12.0 Å². The Labute approximate surface area is 163 Å². The molecule has 0 aliphatic carbocycles. The summed E-state index contributed by atoms with van der Waals surface area (Å²) in [5.41, 5.74) is 1.85. The predicted octanol–water partition coefficient (Wildman–Crippen LogP) is 2.11. The molecule has 148 valence electrons. The number of unbranched alkanes of at least 4 members (excludes halogenated alkanes) is 1. The van der Waals surface area contributed by atoms with Gasteiger partial charge in [0.2, 0.25) is 0 Å². The van der Waals surface area contributed by atoms with Crippen LogP contribution in [-0.2, 0) is 20.9 Å². The number of nitrogens with zero attached hydrogens (tertiary/aromatic N) is 2. The number of ether oxygens (including phenoxy) is 1. The van der Waals surface area contributed by atoms with Gasteiger partial charge in [-0.05, 0) is 18.1 Å². The van der Waals surface area contributed by atoms with E-state index in [2.05, 4.69) is 15.7 Å². The molecule has 1 aromatic carbocycles. The molecular formula is C20H24N4O4. The first-order valence-electron chi connectivity index (χ1n) is 9.05. The monoisotopic (exact) mass is 384 g/mol. The van der Waals surface area contributed by atoms with Crippen molar-refractivity contribution in [2.24, 2.45) is 0 Å². The van der Waals surface area contributed by atoms with Crippen LogP contribution in [0.5, 0.6) is 0 Å². The Bertz CT molecular complexity index is 815. The molecule has 0 aliphatic rings. The van der Waals surface area contributed by atoms with Crippen molar-refractivity contribution in [3.63, 3.8) is 0 Å². The van der Waals surface area contributed by atoms with Gasteiger partial charge in [-0.2, -0.15) is 5.10 Å². The van der Waals surface area contributed by atoms with Crippen molar-refractivity contribution in [2.45, 2.75) is 26.3 Å². The van der Waals surface area contributed by atoms with Crippen LogP contribution >= 0.6 is 0 Å². The molecule has 8 nitrogen and oxygen atoms in total. The quantitative estimate of drug-likeness (QED) is 0.392. The number of carbonyl (C=O) groups is 3. The Hall–Kier alpha value is -3.42. The fraction of sp³-hybridized carbons (Fsp3) is 0.300. The third-order valence-corrected chi connectivity index (χ3v) is 3.67. The summed E-state index contributed by atoms with van der Waals surface area (Å²) < 4.78 is 6.56. The number of hydrogen-bond donors (Lipinski definition) is 2. The van der Waals surface area contributed by atoms with Crippen molar-refractivity contribution in [3.8, 4) is 0 Å². The number of esters is 1. The number of benzene rings is 1. The van der Waals surface area contributed by atoms with Gasteiger partial charge in [0.05, 0.1) is 12.7 Å². The van der Waals surface area contributed by atoms with E-state index in [9.17, 15) is 14.4 Å². The Morgan fingerprint density at radius 3 is 2.75 bits per heavy atom. The minimum absolute atomic E-state index is 0.482. The number of nitrogens with one attached hydrogen (secondary N) is 2. The summed E-state index contributed by atoms with van der Waals surface area (Å²) in [6.45, 7) is 2.57. The summed E-state index contributed by atoms with van der Waals surface area (Å²) >= 11 is 0. The molecule has 2 N–H and O–H groups in total. The van der Waals surface area contributed by atoms with Crippen LogP contribution in [-0.4, -0.2) is 40.8 Å². The van der Waals surface area contributed by atoms with Gasteiger partial charge in [0.1, 0.15) is 0 Å². The van der Waals surface area contributed by atoms with E-state index >= 15 is 0 Å². The summed E-state index contributed by atoms with van der Waals surface area (Å²) in [5, 5.41) is 8.86. The molecule has 0 saturated heterocycles. The van der Waals surface area contributed by atoms with Crippen LogP contribution in [0.15, 0.2) is 48.8 Å². The predicted molar refractivity (Wildman–Crippen MR) is 104 cm³/mol. The van der Waals surface area contributed by atoms with Crippen LogP contribution < -0.4 is 10.6 Å². The van der Waals surface area contributed by atoms with Crippen molar-refractivity contribution in [2.75, 3.05) is 13.2 Å². The van der Waals surface area contributed by atoms with Crippen molar-refractivity contribution < 1.29 is 19.1 Å². The van der Waals surface area contributed by atoms with Gasteiger partial charge < -0.3 is 10.1 Å². The second-order valence-electron chi connectivity index (χ2n) is 6.06. The smallest absolute Gasteiger partial charge is 0.331 e. The van der Waals surface area contributed by atoms with Crippen LogP contribution in [0.25, 0.3) is 6.08 Å². The zero-order valence-corrected chi connectivity index (χ0v) is 15.8. The number of imide groups is 1. The molecule has 2 rings (SSSR count). The second kappa shape index (κ2) is 11.3. The first-order chi connectivity index (χ1) is 13.6. The third kappa shape index (κ3) is 7.86. The molecule has 2 aromatic rings. The average Bonchev–Trinajstić information content (AvgIpc) is 3.13. The summed E-state index contributed by atoms with van der Waals surface area (Å²) in [7, 11) is 0. The SMILES string of the molecule is CCCCNC(=O)NC(=O)COC(=O)/C=C/c1cnn(Cc2ccccc2)c1. The van der Waals surface area contributed by atoms with E-state index < -0.39 is 24.5 Å². The van der Waals surface area contributed by atoms with Crippen molar-refractivity contribution >= 4 is 24.0 Å². The van der Waals surface area contributed by atoms with Crippen LogP contribution in [0, 0.1) is 0 Å². The fourth-order valence-corrected chi connectivity index (χ4v) is 2.26. The van der Waals surface area contributed by atoms with Crippen LogP contribution in [0.4, 0.5) is 4.79 Å². The van der Waals surface area contributed by atoms with Crippen LogP contribution in [0.2, 0.25) is 0 Å². The minimum atomic E-state index is -0.688. The third-order valence-electron chi connectivity index (χ3n) is 3.67. The standard InChI is InChI=1S/C20H24N4O4/c1-2-3-11-21-20(27)23-18(25)15-28-19(26)10-9-17-12-22-24(14-17)13-16-7-5-4-6-8-16/h4-10,12,14H,2-3,11,13,15H2,1H3,(H2,21,23,25,27)/b10-9+. The molecule has 0 aliphatic heterocycles. The van der Waals surface area contributed by atoms with E-state index in [-0.39, 0.29) is 0 Å². The lowest BCUT2D eigenvalue weighted by molar-refractivity contribution is -0.143. The fourth-order valence-electron chi connectivity index (χ4n) is 2.26. The van der Waals surface area contributed by atoms with Gasteiger partial charge in [-0.15, -0.1) is 0 Å². The highest BCUT2D eigenvalue weighted by atomic mass is 16.5. The van der Waals surface area contributed by atoms with Crippen molar-refractivity contribution in [3.05, 3.63) is 59.9 Å². The van der Waals surface area contributed by atoms with E-state index in [1.165, 1.54) is 6.08 Å². The van der Waals surface area contributed by atoms with Crippen LogP contribution in [0.3, 0.4) is 0 Å². The number of carbonyl (C=O) groups excluding carboxylic acids is 3. The van der Waals surface area contributed by atoms with Crippen molar-refractivity contribution in [1.82, 2.24) is 20.4 Å². The molecule has 0 fully saturated rings. The highest BCUT2D eigenvalue weighted by Crippen LogP contribution is 2.05. The summed E-state index contributed by atoms with van der Waals surface area (Å²) in [6.07, 6.45) is 7.93. The first kappa shape index (κ1) is 20.9. The van der Waals surface area contributed by atoms with Crippen LogP contribution in [0.1, 0.15) is 30.9 Å². The zero-order valence-electron chi connectivity index (χ0n) is 15.8. The molecule has 0 atom stereocenters. The Morgan fingerprint density at radius 2 is 2.00 bits per heavy atom. The molecular weight excluding hydrogens is 360 g/mol. The lowest BCUT2D eigenvalue weighted by Crippen LogP contribution is -2.41. The zero-order chi connectivity index (χ0) is 20.2. The largest absolute Gasteiger partial charge is 0.452 e. The average molecular weight is 384 g/mol. The van der Waals surface area contributed by atoms with Gasteiger partial charge in [0, 0.05) is 24.4 Å². The number of aromatic nitrogens is 2. The van der Waals surface area contributed by atoms with Crippen molar-refractivity contribution in [1.29, 1.82) is 0 Å². The lowest BCUT2D eigenvalue weighted by Gasteiger charge is -2.05. The van der Waals surface area contributed by atoms with E-state index in [0.29, 0.717) is 13.1 Å². The van der Waals surface area contributed by atoms with E-state index in [0.717, 1.165) is 24.0 Å². The van der Waals surface area contributed by atoms with E-state index in [1.54, 1.807) is 23.2 Å². The lowest BCUT2D eigenvalue weighted by atomic mass is 10.2. The number of urea groups is 1. The topological polar surface area (TPSA) is 102 Å². The van der Waals surface area contributed by atoms with E-state index in [1.807, 2.05) is 37.3 Å². The maximum absolute atomic E-state index is 11.7. The maximum atomic E-state index is 11.7. The normalized spacial score (nSPS) is 10.6. The van der Waals surface area contributed by atoms with Gasteiger partial charge in [-0.25, -0.2) is 9.59 Å².